The highest BCUT2D eigenvalue weighted by Crippen LogP contribution is 2.30. The Morgan fingerprint density at radius 3 is 2.22 bits per heavy atom. The zero-order chi connectivity index (χ0) is 17.5. The first kappa shape index (κ1) is 20.0. The summed E-state index contributed by atoms with van der Waals surface area (Å²) in [4.78, 5) is 13.2. The maximum absolute atomic E-state index is 12.0. The van der Waals surface area contributed by atoms with Gasteiger partial charge in [-0.15, -0.1) is 11.8 Å². The third-order valence-electron chi connectivity index (χ3n) is 4.07. The van der Waals surface area contributed by atoms with Crippen molar-refractivity contribution in [2.75, 3.05) is 27.1 Å². The smallest absolute Gasteiger partial charge is 0.313 e. The predicted octanol–water partition coefficient (Wildman–Crippen LogP) is 3.71. The van der Waals surface area contributed by atoms with Gasteiger partial charge in [0, 0.05) is 31.3 Å². The molecule has 0 amide bonds. The molecule has 2 atom stereocenters. The summed E-state index contributed by atoms with van der Waals surface area (Å²) in [5.41, 5.74) is 0.534. The van der Waals surface area contributed by atoms with E-state index in [-0.39, 0.29) is 18.2 Å². The summed E-state index contributed by atoms with van der Waals surface area (Å²) in [5, 5.41) is 0. The molecule has 0 aliphatic carbocycles. The van der Waals surface area contributed by atoms with Gasteiger partial charge in [0.1, 0.15) is 0 Å². The van der Waals surface area contributed by atoms with E-state index < -0.39 is 5.41 Å². The minimum atomic E-state index is -0.713. The van der Waals surface area contributed by atoms with Crippen LogP contribution in [0.25, 0.3) is 0 Å². The lowest BCUT2D eigenvalue weighted by molar-refractivity contribution is -0.160. The quantitative estimate of drug-likeness (QED) is 0.506. The van der Waals surface area contributed by atoms with Crippen molar-refractivity contribution >= 4 is 17.7 Å². The molecular formula is C18H28O4S. The van der Waals surface area contributed by atoms with Gasteiger partial charge in [-0.3, -0.25) is 4.79 Å². The number of carbonyl (C=O) groups is 1. The second-order valence-electron chi connectivity index (χ2n) is 6.16. The highest BCUT2D eigenvalue weighted by Gasteiger charge is 2.39. The van der Waals surface area contributed by atoms with Crippen molar-refractivity contribution in [2.24, 2.45) is 5.41 Å². The van der Waals surface area contributed by atoms with Gasteiger partial charge < -0.3 is 14.2 Å². The van der Waals surface area contributed by atoms with Crippen LogP contribution < -0.4 is 0 Å². The number of carbonyl (C=O) groups excluding carboxylic acids is 1. The van der Waals surface area contributed by atoms with Gasteiger partial charge in [-0.2, -0.15) is 0 Å². The minimum absolute atomic E-state index is 0.00446. The molecule has 130 valence electrons. The van der Waals surface area contributed by atoms with E-state index in [9.17, 15) is 4.79 Å². The van der Waals surface area contributed by atoms with Gasteiger partial charge in [0.25, 0.3) is 0 Å². The van der Waals surface area contributed by atoms with Crippen LogP contribution in [0.15, 0.2) is 29.2 Å². The third-order valence-corrected chi connectivity index (χ3v) is 5.21. The van der Waals surface area contributed by atoms with Crippen molar-refractivity contribution in [3.8, 4) is 0 Å². The minimum Gasteiger partial charge on any atom is -0.469 e. The van der Waals surface area contributed by atoms with Crippen molar-refractivity contribution in [1.29, 1.82) is 0 Å². The van der Waals surface area contributed by atoms with Gasteiger partial charge in [-0.25, -0.2) is 0 Å². The number of methoxy groups -OCH3 is 3. The third kappa shape index (κ3) is 5.83. The summed E-state index contributed by atoms with van der Waals surface area (Å²) in [6.07, 6.45) is 0.363. The summed E-state index contributed by atoms with van der Waals surface area (Å²) in [6.45, 7) is 5.75. The maximum Gasteiger partial charge on any atom is 0.313 e. The van der Waals surface area contributed by atoms with Gasteiger partial charge in [0.05, 0.1) is 24.7 Å². The number of aryl methyl sites for hydroxylation is 1. The van der Waals surface area contributed by atoms with Gasteiger partial charge in [-0.1, -0.05) is 17.7 Å². The van der Waals surface area contributed by atoms with Crippen LogP contribution in [-0.2, 0) is 19.0 Å². The van der Waals surface area contributed by atoms with E-state index in [2.05, 4.69) is 31.2 Å². The second-order valence-corrected chi connectivity index (χ2v) is 7.25. The normalized spacial score (nSPS) is 14.3. The SMILES string of the molecule is COC(=O)C(C)(C)C(CC(CSc1ccc(C)cc1)OC)OC. The topological polar surface area (TPSA) is 44.8 Å². The van der Waals surface area contributed by atoms with Crippen LogP contribution in [0.5, 0.6) is 0 Å². The number of ether oxygens (including phenoxy) is 3. The Morgan fingerprint density at radius 1 is 1.13 bits per heavy atom. The zero-order valence-corrected chi connectivity index (χ0v) is 15.7. The average Bonchev–Trinajstić information content (AvgIpc) is 2.55. The lowest BCUT2D eigenvalue weighted by Gasteiger charge is -2.32. The highest BCUT2D eigenvalue weighted by atomic mass is 32.2. The fourth-order valence-electron chi connectivity index (χ4n) is 2.37. The Morgan fingerprint density at radius 2 is 1.74 bits per heavy atom. The van der Waals surface area contributed by atoms with Crippen LogP contribution >= 0.6 is 11.8 Å². The molecule has 0 N–H and O–H groups in total. The molecule has 2 unspecified atom stereocenters. The standard InChI is InChI=1S/C18H28O4S/c1-13-7-9-15(10-8-13)23-12-14(20-4)11-16(21-5)18(2,3)17(19)22-6/h7-10,14,16H,11-12H2,1-6H3. The molecule has 0 aliphatic heterocycles. The van der Waals surface area contributed by atoms with Crippen molar-refractivity contribution < 1.29 is 19.0 Å². The van der Waals surface area contributed by atoms with Gasteiger partial charge in [0.2, 0.25) is 0 Å². The number of rotatable bonds is 9. The number of thioether (sulfide) groups is 1. The molecule has 0 aromatic heterocycles. The summed E-state index contributed by atoms with van der Waals surface area (Å²) in [5.74, 6) is 0.529. The Balaban J connectivity index is 2.66. The fourth-order valence-corrected chi connectivity index (χ4v) is 3.35. The predicted molar refractivity (Wildman–Crippen MR) is 93.9 cm³/mol. The first-order chi connectivity index (χ1) is 10.8. The molecule has 1 rings (SSSR count). The molecule has 5 heteroatoms. The van der Waals surface area contributed by atoms with Crippen molar-refractivity contribution in [3.63, 3.8) is 0 Å². The van der Waals surface area contributed by atoms with E-state index in [0.717, 1.165) is 5.75 Å². The molecule has 23 heavy (non-hydrogen) atoms. The van der Waals surface area contributed by atoms with Crippen molar-refractivity contribution in [2.45, 2.75) is 44.3 Å². The number of hydrogen-bond acceptors (Lipinski definition) is 5. The average molecular weight is 340 g/mol. The van der Waals surface area contributed by atoms with Crippen LogP contribution in [-0.4, -0.2) is 45.3 Å². The zero-order valence-electron chi connectivity index (χ0n) is 14.9. The Kier molecular flexibility index (Phi) is 8.09. The molecule has 1 aromatic rings. The maximum atomic E-state index is 12.0. The molecule has 0 saturated heterocycles. The summed E-state index contributed by atoms with van der Waals surface area (Å²) >= 11 is 1.74. The molecular weight excluding hydrogens is 312 g/mol. The first-order valence-electron chi connectivity index (χ1n) is 7.68. The molecule has 0 saturated carbocycles. The monoisotopic (exact) mass is 340 g/mol. The number of benzene rings is 1. The molecule has 4 nitrogen and oxygen atoms in total. The Labute approximate surface area is 143 Å². The lowest BCUT2D eigenvalue weighted by Crippen LogP contribution is -2.42. The van der Waals surface area contributed by atoms with E-state index >= 15 is 0 Å². The van der Waals surface area contributed by atoms with E-state index in [0.29, 0.717) is 6.42 Å². The highest BCUT2D eigenvalue weighted by molar-refractivity contribution is 7.99. The molecule has 0 aliphatic rings. The van der Waals surface area contributed by atoms with Crippen molar-refractivity contribution in [3.05, 3.63) is 29.8 Å². The van der Waals surface area contributed by atoms with Crippen LogP contribution in [0.3, 0.4) is 0 Å². The van der Waals surface area contributed by atoms with Gasteiger partial charge in [0.15, 0.2) is 0 Å². The van der Waals surface area contributed by atoms with Gasteiger partial charge >= 0.3 is 5.97 Å². The lowest BCUT2D eigenvalue weighted by atomic mass is 9.83. The fraction of sp³-hybridized carbons (Fsp3) is 0.611. The van der Waals surface area contributed by atoms with Crippen LogP contribution in [0.2, 0.25) is 0 Å². The molecule has 0 heterocycles. The summed E-state index contributed by atoms with van der Waals surface area (Å²) in [6, 6.07) is 8.42. The Bertz CT molecular complexity index is 484. The van der Waals surface area contributed by atoms with E-state index in [1.807, 2.05) is 13.8 Å². The number of hydrogen-bond donors (Lipinski definition) is 0. The second kappa shape index (κ2) is 9.30. The van der Waals surface area contributed by atoms with E-state index in [1.165, 1.54) is 17.6 Å². The molecule has 0 fully saturated rings. The molecule has 0 spiro atoms. The molecule has 0 bridgehead atoms. The largest absolute Gasteiger partial charge is 0.469 e. The summed E-state index contributed by atoms with van der Waals surface area (Å²) in [7, 11) is 4.71. The number of esters is 1. The Hall–Kier alpha value is -1.04. The molecule has 1 aromatic carbocycles. The van der Waals surface area contributed by atoms with Crippen LogP contribution in [0.4, 0.5) is 0 Å². The van der Waals surface area contributed by atoms with E-state index in [1.54, 1.807) is 26.0 Å². The van der Waals surface area contributed by atoms with E-state index in [4.69, 9.17) is 14.2 Å². The van der Waals surface area contributed by atoms with Gasteiger partial charge in [-0.05, 0) is 32.9 Å². The first-order valence-corrected chi connectivity index (χ1v) is 8.67. The van der Waals surface area contributed by atoms with Crippen molar-refractivity contribution in [1.82, 2.24) is 0 Å². The summed E-state index contributed by atoms with van der Waals surface area (Å²) < 4.78 is 16.0. The molecule has 0 radical (unpaired) electrons. The van der Waals surface area contributed by atoms with Crippen LogP contribution in [0, 0.1) is 12.3 Å². The van der Waals surface area contributed by atoms with Crippen LogP contribution in [0.1, 0.15) is 25.8 Å².